The van der Waals surface area contributed by atoms with E-state index in [1.165, 1.54) is 35.0 Å². The van der Waals surface area contributed by atoms with Gasteiger partial charge >= 0.3 is 6.18 Å². The molecule has 2 amide bonds. The number of alkyl halides is 3. The Labute approximate surface area is 128 Å². The number of carbonyl (C=O) groups is 2. The summed E-state index contributed by atoms with van der Waals surface area (Å²) < 4.78 is 37.4. The Hall–Kier alpha value is -1.96. The summed E-state index contributed by atoms with van der Waals surface area (Å²) in [5.74, 6) is -0.530. The van der Waals surface area contributed by atoms with Gasteiger partial charge in [0.05, 0.1) is 15.8 Å². The molecule has 8 heteroatoms. The maximum absolute atomic E-state index is 12.5. The molecular formula is C14H11F3N2O2S. The fourth-order valence-corrected chi connectivity index (χ4v) is 3.50. The number of benzene rings is 1. The van der Waals surface area contributed by atoms with E-state index in [0.29, 0.717) is 23.4 Å². The van der Waals surface area contributed by atoms with Crippen LogP contribution in [0.4, 0.5) is 18.9 Å². The van der Waals surface area contributed by atoms with E-state index in [-0.39, 0.29) is 17.2 Å². The smallest absolute Gasteiger partial charge is 0.360 e. The highest BCUT2D eigenvalue weighted by Crippen LogP contribution is 2.41. The van der Waals surface area contributed by atoms with Crippen LogP contribution < -0.4 is 5.32 Å². The van der Waals surface area contributed by atoms with E-state index in [2.05, 4.69) is 5.32 Å². The first-order valence-electron chi connectivity index (χ1n) is 6.53. The molecule has 0 aromatic heterocycles. The molecule has 2 aliphatic heterocycles. The van der Waals surface area contributed by atoms with Gasteiger partial charge in [-0.3, -0.25) is 14.5 Å². The predicted molar refractivity (Wildman–Crippen MR) is 75.6 cm³/mol. The van der Waals surface area contributed by atoms with Gasteiger partial charge < -0.3 is 5.32 Å². The van der Waals surface area contributed by atoms with Gasteiger partial charge in [-0.1, -0.05) is 11.8 Å². The lowest BCUT2D eigenvalue weighted by Gasteiger charge is -2.09. The number of anilines is 1. The lowest BCUT2D eigenvalue weighted by Crippen LogP contribution is -2.31. The Morgan fingerprint density at radius 3 is 2.50 bits per heavy atom. The zero-order valence-electron chi connectivity index (χ0n) is 11.2. The minimum Gasteiger partial charge on any atom is -0.360 e. The molecule has 1 aromatic carbocycles. The molecule has 2 aliphatic rings. The topological polar surface area (TPSA) is 49.4 Å². The molecule has 0 saturated carbocycles. The zero-order chi connectivity index (χ0) is 15.9. The van der Waals surface area contributed by atoms with Crippen LogP contribution in [0.15, 0.2) is 35.4 Å². The van der Waals surface area contributed by atoms with Crippen molar-refractivity contribution >= 4 is 29.3 Å². The van der Waals surface area contributed by atoms with Crippen LogP contribution in [0.3, 0.4) is 0 Å². The Morgan fingerprint density at radius 2 is 1.91 bits per heavy atom. The fourth-order valence-electron chi connectivity index (χ4n) is 2.33. The van der Waals surface area contributed by atoms with Gasteiger partial charge in [-0.15, -0.1) is 0 Å². The molecule has 0 aliphatic carbocycles. The molecule has 0 unspecified atom stereocenters. The van der Waals surface area contributed by atoms with Crippen LogP contribution >= 0.6 is 11.8 Å². The van der Waals surface area contributed by atoms with Crippen LogP contribution in [0.25, 0.3) is 0 Å². The molecular weight excluding hydrogens is 317 g/mol. The van der Waals surface area contributed by atoms with E-state index < -0.39 is 11.7 Å². The second-order valence-electron chi connectivity index (χ2n) is 4.91. The van der Waals surface area contributed by atoms with Crippen molar-refractivity contribution in [3.8, 4) is 0 Å². The van der Waals surface area contributed by atoms with E-state index in [1.807, 2.05) is 0 Å². The summed E-state index contributed by atoms with van der Waals surface area (Å²) in [6.45, 7) is 0. The van der Waals surface area contributed by atoms with Gasteiger partial charge in [-0.2, -0.15) is 13.2 Å². The lowest BCUT2D eigenvalue weighted by atomic mass is 10.2. The van der Waals surface area contributed by atoms with Gasteiger partial charge in [0, 0.05) is 18.3 Å². The molecule has 2 heterocycles. The van der Waals surface area contributed by atoms with Crippen LogP contribution in [0, 0.1) is 0 Å². The number of rotatable bonds is 2. The van der Waals surface area contributed by atoms with Crippen LogP contribution in [-0.2, 0) is 15.8 Å². The quantitative estimate of drug-likeness (QED) is 0.669. The number of carbonyl (C=O) groups excluding carboxylic acids is 2. The summed E-state index contributed by atoms with van der Waals surface area (Å²) in [6.07, 6.45) is -1.93. The monoisotopic (exact) mass is 328 g/mol. The minimum absolute atomic E-state index is 0.152. The third kappa shape index (κ3) is 2.70. The average molecular weight is 328 g/mol. The second kappa shape index (κ2) is 5.35. The number of halogens is 3. The molecule has 0 spiro atoms. The third-order valence-corrected chi connectivity index (χ3v) is 4.70. The molecule has 1 atom stereocenters. The number of imide groups is 1. The van der Waals surface area contributed by atoms with Crippen LogP contribution in [0.1, 0.15) is 18.4 Å². The maximum atomic E-state index is 12.5. The highest BCUT2D eigenvalue weighted by Gasteiger charge is 2.44. The Morgan fingerprint density at radius 1 is 1.23 bits per heavy atom. The first kappa shape index (κ1) is 15.0. The van der Waals surface area contributed by atoms with Gasteiger partial charge in [-0.05, 0) is 30.7 Å². The fraction of sp³-hybridized carbons (Fsp3) is 0.286. The van der Waals surface area contributed by atoms with Crippen molar-refractivity contribution < 1.29 is 22.8 Å². The van der Waals surface area contributed by atoms with Crippen molar-refractivity contribution in [1.29, 1.82) is 0 Å². The van der Waals surface area contributed by atoms with Crippen molar-refractivity contribution in [2.45, 2.75) is 24.4 Å². The van der Waals surface area contributed by atoms with Gasteiger partial charge in [0.1, 0.15) is 0 Å². The highest BCUT2D eigenvalue weighted by molar-refractivity contribution is 8.05. The van der Waals surface area contributed by atoms with Gasteiger partial charge in [-0.25, -0.2) is 0 Å². The zero-order valence-corrected chi connectivity index (χ0v) is 12.0. The molecule has 2 fully saturated rings. The van der Waals surface area contributed by atoms with Crippen molar-refractivity contribution in [3.63, 3.8) is 0 Å². The third-order valence-electron chi connectivity index (χ3n) is 3.44. The molecule has 116 valence electrons. The van der Waals surface area contributed by atoms with E-state index in [4.69, 9.17) is 0 Å². The number of amides is 2. The number of hydrogen-bond donors (Lipinski definition) is 1. The molecule has 2 saturated heterocycles. The van der Waals surface area contributed by atoms with E-state index in [9.17, 15) is 22.8 Å². The second-order valence-corrected chi connectivity index (χ2v) is 6.13. The van der Waals surface area contributed by atoms with Crippen molar-refractivity contribution in [1.82, 2.24) is 4.90 Å². The number of nitrogens with zero attached hydrogens (tertiary/aromatic N) is 1. The summed E-state index contributed by atoms with van der Waals surface area (Å²) in [5.41, 5.74) is -0.296. The molecule has 3 rings (SSSR count). The average Bonchev–Trinajstić information content (AvgIpc) is 2.97. The van der Waals surface area contributed by atoms with Crippen molar-refractivity contribution in [2.24, 2.45) is 0 Å². The van der Waals surface area contributed by atoms with E-state index >= 15 is 0 Å². The number of fused-ring (bicyclic) bond motifs is 1. The number of hydrogen-bond acceptors (Lipinski definition) is 4. The Kier molecular flexibility index (Phi) is 3.64. The van der Waals surface area contributed by atoms with Crippen LogP contribution in [0.5, 0.6) is 0 Å². The van der Waals surface area contributed by atoms with Gasteiger partial charge in [0.15, 0.2) is 0 Å². The van der Waals surface area contributed by atoms with Crippen molar-refractivity contribution in [2.75, 3.05) is 5.32 Å². The van der Waals surface area contributed by atoms with Gasteiger partial charge in [0.2, 0.25) is 5.91 Å². The predicted octanol–water partition coefficient (Wildman–Crippen LogP) is 3.18. The first-order chi connectivity index (χ1) is 10.4. The SMILES string of the molecule is O=C1CC[C@@H]2S/C(=C/Nc3ccc(C(F)(F)F)cc3)C(=O)N12. The summed E-state index contributed by atoms with van der Waals surface area (Å²) in [5, 5.41) is 2.64. The Balaban J connectivity index is 1.70. The summed E-state index contributed by atoms with van der Waals surface area (Å²) in [7, 11) is 0. The molecule has 0 bridgehead atoms. The van der Waals surface area contributed by atoms with Gasteiger partial charge in [0.25, 0.3) is 5.91 Å². The summed E-state index contributed by atoms with van der Waals surface area (Å²) in [6, 6.07) is 4.50. The lowest BCUT2D eigenvalue weighted by molar-refractivity contribution is -0.139. The standard InChI is InChI=1S/C14H11F3N2O2S/c15-14(16,17)8-1-3-9(4-2-8)18-7-10-13(21)19-11(20)5-6-12(19)22-10/h1-4,7,12,18H,5-6H2/b10-7+/t12-/m0/s1. The molecule has 1 N–H and O–H groups in total. The Bertz CT molecular complexity index is 655. The maximum Gasteiger partial charge on any atom is 0.416 e. The molecule has 1 aromatic rings. The van der Waals surface area contributed by atoms with Crippen LogP contribution in [0.2, 0.25) is 0 Å². The van der Waals surface area contributed by atoms with Crippen molar-refractivity contribution in [3.05, 3.63) is 40.9 Å². The number of thioether (sulfide) groups is 1. The molecule has 4 nitrogen and oxygen atoms in total. The van der Waals surface area contributed by atoms with E-state index in [1.54, 1.807) is 0 Å². The highest BCUT2D eigenvalue weighted by atomic mass is 32.2. The van der Waals surface area contributed by atoms with E-state index in [0.717, 1.165) is 12.1 Å². The first-order valence-corrected chi connectivity index (χ1v) is 7.41. The summed E-state index contributed by atoms with van der Waals surface area (Å²) in [4.78, 5) is 25.2. The largest absolute Gasteiger partial charge is 0.416 e. The normalized spacial score (nSPS) is 23.3. The van der Waals surface area contributed by atoms with Crippen LogP contribution in [-0.4, -0.2) is 22.1 Å². The number of nitrogens with one attached hydrogen (secondary N) is 1. The minimum atomic E-state index is -4.38. The molecule has 0 radical (unpaired) electrons. The summed E-state index contributed by atoms with van der Waals surface area (Å²) >= 11 is 1.29. The molecule has 22 heavy (non-hydrogen) atoms.